The SMILES string of the molecule is Cc1ccc(NC(=O)c2cccc(S(=O)(=O)Nc3ccccc3C)c2)cc1C. The van der Waals surface area contributed by atoms with Gasteiger partial charge in [0.15, 0.2) is 0 Å². The van der Waals surface area contributed by atoms with Crippen molar-refractivity contribution in [2.24, 2.45) is 0 Å². The van der Waals surface area contributed by atoms with E-state index >= 15 is 0 Å². The Morgan fingerprint density at radius 1 is 0.786 bits per heavy atom. The summed E-state index contributed by atoms with van der Waals surface area (Å²) in [6.45, 7) is 5.79. The number of aryl methyl sites for hydroxylation is 3. The van der Waals surface area contributed by atoms with Crippen molar-refractivity contribution in [3.8, 4) is 0 Å². The smallest absolute Gasteiger partial charge is 0.261 e. The molecule has 0 aliphatic carbocycles. The lowest BCUT2D eigenvalue weighted by Gasteiger charge is -2.12. The van der Waals surface area contributed by atoms with Crippen LogP contribution in [0.3, 0.4) is 0 Å². The lowest BCUT2D eigenvalue weighted by molar-refractivity contribution is 0.102. The van der Waals surface area contributed by atoms with E-state index < -0.39 is 10.0 Å². The van der Waals surface area contributed by atoms with Crippen molar-refractivity contribution >= 4 is 27.3 Å². The molecule has 6 heteroatoms. The molecule has 5 nitrogen and oxygen atoms in total. The Morgan fingerprint density at radius 2 is 1.54 bits per heavy atom. The predicted octanol–water partition coefficient (Wildman–Crippen LogP) is 4.66. The number of carbonyl (C=O) groups excluding carboxylic acids is 1. The number of nitrogens with one attached hydrogen (secondary N) is 2. The standard InChI is InChI=1S/C22H22N2O3S/c1-15-11-12-19(13-17(15)3)23-22(25)18-8-6-9-20(14-18)28(26,27)24-21-10-5-4-7-16(21)2/h4-14,24H,1-3H3,(H,23,25). The Balaban J connectivity index is 1.83. The average molecular weight is 394 g/mol. The van der Waals surface area contributed by atoms with E-state index in [1.54, 1.807) is 24.3 Å². The topological polar surface area (TPSA) is 75.3 Å². The van der Waals surface area contributed by atoms with Crippen molar-refractivity contribution in [1.82, 2.24) is 0 Å². The van der Waals surface area contributed by atoms with Crippen LogP contribution in [-0.4, -0.2) is 14.3 Å². The fourth-order valence-corrected chi connectivity index (χ4v) is 3.89. The van der Waals surface area contributed by atoms with E-state index in [0.29, 0.717) is 11.4 Å². The normalized spacial score (nSPS) is 11.1. The van der Waals surface area contributed by atoms with Crippen LogP contribution in [-0.2, 0) is 10.0 Å². The van der Waals surface area contributed by atoms with Gasteiger partial charge in [0.05, 0.1) is 10.6 Å². The summed E-state index contributed by atoms with van der Waals surface area (Å²) in [7, 11) is -3.81. The molecule has 144 valence electrons. The van der Waals surface area contributed by atoms with Crippen LogP contribution in [0, 0.1) is 20.8 Å². The predicted molar refractivity (Wildman–Crippen MR) is 112 cm³/mol. The van der Waals surface area contributed by atoms with Crippen molar-refractivity contribution in [2.75, 3.05) is 10.0 Å². The minimum Gasteiger partial charge on any atom is -0.322 e. The fourth-order valence-electron chi connectivity index (χ4n) is 2.72. The van der Waals surface area contributed by atoms with Crippen molar-refractivity contribution in [2.45, 2.75) is 25.7 Å². The van der Waals surface area contributed by atoms with E-state index in [1.807, 2.05) is 51.1 Å². The molecule has 0 saturated carbocycles. The molecule has 0 spiro atoms. The third-order valence-corrected chi connectivity index (χ3v) is 5.92. The van der Waals surface area contributed by atoms with Gasteiger partial charge in [0.2, 0.25) is 0 Å². The fraction of sp³-hybridized carbons (Fsp3) is 0.136. The van der Waals surface area contributed by atoms with Crippen LogP contribution in [0.5, 0.6) is 0 Å². The van der Waals surface area contributed by atoms with Gasteiger partial charge in [-0.25, -0.2) is 8.42 Å². The summed E-state index contributed by atoms with van der Waals surface area (Å²) >= 11 is 0. The maximum absolute atomic E-state index is 12.7. The number of carbonyl (C=O) groups is 1. The van der Waals surface area contributed by atoms with Gasteiger partial charge >= 0.3 is 0 Å². The zero-order chi connectivity index (χ0) is 20.3. The molecule has 0 fully saturated rings. The van der Waals surface area contributed by atoms with Gasteiger partial charge in [-0.1, -0.05) is 30.3 Å². The summed E-state index contributed by atoms with van der Waals surface area (Å²) in [5.74, 6) is -0.365. The molecular formula is C22H22N2O3S. The van der Waals surface area contributed by atoms with Crippen LogP contribution in [0.15, 0.2) is 71.6 Å². The number of amides is 1. The molecule has 28 heavy (non-hydrogen) atoms. The first-order chi connectivity index (χ1) is 13.3. The molecule has 0 aromatic heterocycles. The van der Waals surface area contributed by atoms with Gasteiger partial charge in [-0.3, -0.25) is 9.52 Å². The number of benzene rings is 3. The van der Waals surface area contributed by atoms with Gasteiger partial charge in [0.1, 0.15) is 0 Å². The summed E-state index contributed by atoms with van der Waals surface area (Å²) in [6, 6.07) is 18.7. The summed E-state index contributed by atoms with van der Waals surface area (Å²) in [4.78, 5) is 12.6. The summed E-state index contributed by atoms with van der Waals surface area (Å²) < 4.78 is 28.0. The second-order valence-corrected chi connectivity index (χ2v) is 8.38. The molecule has 0 aliphatic heterocycles. The number of hydrogen-bond donors (Lipinski definition) is 2. The van der Waals surface area contributed by atoms with Crippen LogP contribution < -0.4 is 10.0 Å². The maximum atomic E-state index is 12.7. The Bertz CT molecular complexity index is 1140. The number of anilines is 2. The van der Waals surface area contributed by atoms with E-state index in [-0.39, 0.29) is 16.4 Å². The Morgan fingerprint density at radius 3 is 2.25 bits per heavy atom. The molecule has 3 rings (SSSR count). The summed E-state index contributed by atoms with van der Waals surface area (Å²) in [6.07, 6.45) is 0. The zero-order valence-electron chi connectivity index (χ0n) is 16.0. The molecule has 0 aliphatic rings. The van der Waals surface area contributed by atoms with E-state index in [0.717, 1.165) is 16.7 Å². The molecule has 0 atom stereocenters. The van der Waals surface area contributed by atoms with E-state index in [2.05, 4.69) is 10.0 Å². The Labute approximate surface area is 165 Å². The van der Waals surface area contributed by atoms with Crippen LogP contribution in [0.1, 0.15) is 27.0 Å². The zero-order valence-corrected chi connectivity index (χ0v) is 16.8. The van der Waals surface area contributed by atoms with Crippen molar-refractivity contribution < 1.29 is 13.2 Å². The summed E-state index contributed by atoms with van der Waals surface area (Å²) in [5.41, 5.74) is 4.46. The van der Waals surface area contributed by atoms with E-state index in [4.69, 9.17) is 0 Å². The van der Waals surface area contributed by atoms with Crippen LogP contribution >= 0.6 is 0 Å². The van der Waals surface area contributed by atoms with Gasteiger partial charge in [0.25, 0.3) is 15.9 Å². The lowest BCUT2D eigenvalue weighted by Crippen LogP contribution is -2.16. The third-order valence-electron chi connectivity index (χ3n) is 4.56. The first-order valence-corrected chi connectivity index (χ1v) is 10.3. The second-order valence-electron chi connectivity index (χ2n) is 6.70. The van der Waals surface area contributed by atoms with Gasteiger partial charge < -0.3 is 5.32 Å². The van der Waals surface area contributed by atoms with Gasteiger partial charge in [-0.05, 0) is 73.9 Å². The molecule has 0 bridgehead atoms. The highest BCUT2D eigenvalue weighted by Gasteiger charge is 2.17. The molecule has 0 radical (unpaired) electrons. The highest BCUT2D eigenvalue weighted by molar-refractivity contribution is 7.92. The van der Waals surface area contributed by atoms with E-state index in [9.17, 15) is 13.2 Å². The average Bonchev–Trinajstić information content (AvgIpc) is 2.66. The monoisotopic (exact) mass is 394 g/mol. The van der Waals surface area contributed by atoms with Crippen LogP contribution in [0.25, 0.3) is 0 Å². The molecule has 3 aromatic rings. The second kappa shape index (κ2) is 7.86. The molecule has 3 aromatic carbocycles. The molecule has 0 saturated heterocycles. The van der Waals surface area contributed by atoms with Gasteiger partial charge in [0, 0.05) is 11.3 Å². The van der Waals surface area contributed by atoms with Crippen molar-refractivity contribution in [3.05, 3.63) is 89.0 Å². The number of hydrogen-bond acceptors (Lipinski definition) is 3. The number of sulfonamides is 1. The van der Waals surface area contributed by atoms with Crippen LogP contribution in [0.4, 0.5) is 11.4 Å². The summed E-state index contributed by atoms with van der Waals surface area (Å²) in [5, 5.41) is 2.81. The van der Waals surface area contributed by atoms with Crippen molar-refractivity contribution in [3.63, 3.8) is 0 Å². The first-order valence-electron chi connectivity index (χ1n) is 8.83. The van der Waals surface area contributed by atoms with Crippen molar-refractivity contribution in [1.29, 1.82) is 0 Å². The molecular weight excluding hydrogens is 372 g/mol. The van der Waals surface area contributed by atoms with Crippen LogP contribution in [0.2, 0.25) is 0 Å². The van der Waals surface area contributed by atoms with Gasteiger partial charge in [-0.2, -0.15) is 0 Å². The van der Waals surface area contributed by atoms with Gasteiger partial charge in [-0.15, -0.1) is 0 Å². The molecule has 0 heterocycles. The highest BCUT2D eigenvalue weighted by Crippen LogP contribution is 2.21. The Kier molecular flexibility index (Phi) is 5.51. The molecule has 1 amide bonds. The third kappa shape index (κ3) is 4.40. The quantitative estimate of drug-likeness (QED) is 0.661. The molecule has 0 unspecified atom stereocenters. The number of para-hydroxylation sites is 1. The maximum Gasteiger partial charge on any atom is 0.261 e. The largest absolute Gasteiger partial charge is 0.322 e. The minimum absolute atomic E-state index is 0.0310. The minimum atomic E-state index is -3.81. The number of rotatable bonds is 5. The first kappa shape index (κ1) is 19.6. The lowest BCUT2D eigenvalue weighted by atomic mass is 10.1. The Hall–Kier alpha value is -3.12. The van der Waals surface area contributed by atoms with E-state index in [1.165, 1.54) is 12.1 Å². The molecule has 2 N–H and O–H groups in total. The highest BCUT2D eigenvalue weighted by atomic mass is 32.2.